The van der Waals surface area contributed by atoms with Crippen LogP contribution in [0.1, 0.15) is 17.5 Å². The summed E-state index contributed by atoms with van der Waals surface area (Å²) in [5.74, 6) is 0.493. The van der Waals surface area contributed by atoms with E-state index in [9.17, 15) is 4.79 Å². The van der Waals surface area contributed by atoms with E-state index in [2.05, 4.69) is 24.2 Å². The number of rotatable bonds is 4. The molecule has 4 heteroatoms. The second kappa shape index (κ2) is 6.79. The maximum Gasteiger partial charge on any atom is 0.253 e. The Hall–Kier alpha value is -2.07. The van der Waals surface area contributed by atoms with Gasteiger partial charge in [-0.25, -0.2) is 5.01 Å². The van der Waals surface area contributed by atoms with Crippen LogP contribution in [0.25, 0.3) is 0 Å². The molecule has 0 spiro atoms. The van der Waals surface area contributed by atoms with Gasteiger partial charge in [0.15, 0.2) is 0 Å². The molecule has 0 saturated carbocycles. The number of benzene rings is 2. The molecule has 1 aliphatic rings. The quantitative estimate of drug-likeness (QED) is 0.806. The van der Waals surface area contributed by atoms with Crippen LogP contribution in [0.2, 0.25) is 0 Å². The Balaban J connectivity index is 1.61. The number of hydrogen-bond acceptors (Lipinski definition) is 3. The Morgan fingerprint density at radius 1 is 1.18 bits per heavy atom. The van der Waals surface area contributed by atoms with Crippen LogP contribution in [0.5, 0.6) is 0 Å². The fraction of sp³-hybridized carbons (Fsp3) is 0.222. The maximum absolute atomic E-state index is 12.3. The number of amides is 1. The number of hydrazone groups is 1. The average Bonchev–Trinajstić information content (AvgIpc) is 3.04. The van der Waals surface area contributed by atoms with Gasteiger partial charge in [0.25, 0.3) is 5.91 Å². The Morgan fingerprint density at radius 2 is 2.00 bits per heavy atom. The first kappa shape index (κ1) is 14.9. The van der Waals surface area contributed by atoms with Crippen LogP contribution in [0.15, 0.2) is 64.6 Å². The number of carbonyl (C=O) groups is 1. The molecule has 0 bridgehead atoms. The SMILES string of the molecule is Cc1cccc(SCC(=O)N2CCC(c3ccccc3)=N2)c1. The third-order valence-corrected chi connectivity index (χ3v) is 4.53. The van der Waals surface area contributed by atoms with Crippen LogP contribution >= 0.6 is 11.8 Å². The molecule has 0 N–H and O–H groups in total. The zero-order valence-corrected chi connectivity index (χ0v) is 13.3. The van der Waals surface area contributed by atoms with E-state index in [-0.39, 0.29) is 5.91 Å². The zero-order valence-electron chi connectivity index (χ0n) is 12.5. The molecule has 2 aromatic carbocycles. The molecule has 1 aliphatic heterocycles. The third-order valence-electron chi connectivity index (χ3n) is 3.55. The van der Waals surface area contributed by atoms with Gasteiger partial charge in [-0.3, -0.25) is 4.79 Å². The van der Waals surface area contributed by atoms with E-state index in [0.717, 1.165) is 22.6 Å². The van der Waals surface area contributed by atoms with E-state index < -0.39 is 0 Å². The van der Waals surface area contributed by atoms with Crippen LogP contribution in [0.3, 0.4) is 0 Å². The lowest BCUT2D eigenvalue weighted by molar-refractivity contribution is -0.127. The molecule has 2 aromatic rings. The fourth-order valence-corrected chi connectivity index (χ4v) is 3.28. The molecule has 0 aliphatic carbocycles. The lowest BCUT2D eigenvalue weighted by atomic mass is 10.1. The van der Waals surface area contributed by atoms with Crippen molar-refractivity contribution in [3.8, 4) is 0 Å². The van der Waals surface area contributed by atoms with Gasteiger partial charge >= 0.3 is 0 Å². The van der Waals surface area contributed by atoms with E-state index in [1.807, 2.05) is 42.5 Å². The van der Waals surface area contributed by atoms with Crippen molar-refractivity contribution in [1.82, 2.24) is 5.01 Å². The van der Waals surface area contributed by atoms with Gasteiger partial charge in [-0.2, -0.15) is 5.10 Å². The molecule has 0 atom stereocenters. The van der Waals surface area contributed by atoms with E-state index in [1.54, 1.807) is 16.8 Å². The van der Waals surface area contributed by atoms with Crippen molar-refractivity contribution >= 4 is 23.4 Å². The second-order valence-electron chi connectivity index (χ2n) is 5.28. The summed E-state index contributed by atoms with van der Waals surface area (Å²) in [6.07, 6.45) is 0.824. The van der Waals surface area contributed by atoms with Gasteiger partial charge in [-0.15, -0.1) is 11.8 Å². The van der Waals surface area contributed by atoms with E-state index in [4.69, 9.17) is 0 Å². The van der Waals surface area contributed by atoms with Crippen LogP contribution in [0, 0.1) is 6.92 Å². The normalized spacial score (nSPS) is 14.0. The van der Waals surface area contributed by atoms with Gasteiger partial charge in [0.2, 0.25) is 0 Å². The highest BCUT2D eigenvalue weighted by atomic mass is 32.2. The smallest absolute Gasteiger partial charge is 0.253 e. The van der Waals surface area contributed by atoms with Gasteiger partial charge < -0.3 is 0 Å². The Kier molecular flexibility index (Phi) is 4.59. The van der Waals surface area contributed by atoms with Crippen LogP contribution < -0.4 is 0 Å². The van der Waals surface area contributed by atoms with Crippen molar-refractivity contribution in [2.75, 3.05) is 12.3 Å². The molecule has 112 valence electrons. The van der Waals surface area contributed by atoms with Crippen molar-refractivity contribution in [3.63, 3.8) is 0 Å². The van der Waals surface area contributed by atoms with Crippen LogP contribution in [0.4, 0.5) is 0 Å². The first-order valence-corrected chi connectivity index (χ1v) is 8.34. The predicted octanol–water partition coefficient (Wildman–Crippen LogP) is 3.72. The molecular formula is C18H18N2OS. The van der Waals surface area contributed by atoms with E-state index in [1.165, 1.54) is 5.56 Å². The summed E-state index contributed by atoms with van der Waals surface area (Å²) in [7, 11) is 0. The summed E-state index contributed by atoms with van der Waals surface area (Å²) in [4.78, 5) is 13.4. The number of carbonyl (C=O) groups excluding carboxylic acids is 1. The highest BCUT2D eigenvalue weighted by Gasteiger charge is 2.21. The molecule has 3 rings (SSSR count). The predicted molar refractivity (Wildman–Crippen MR) is 91.2 cm³/mol. The van der Waals surface area contributed by atoms with Crippen molar-refractivity contribution < 1.29 is 4.79 Å². The van der Waals surface area contributed by atoms with Crippen molar-refractivity contribution in [2.45, 2.75) is 18.2 Å². The van der Waals surface area contributed by atoms with Gasteiger partial charge in [-0.1, -0.05) is 48.0 Å². The summed E-state index contributed by atoms with van der Waals surface area (Å²) >= 11 is 1.57. The summed E-state index contributed by atoms with van der Waals surface area (Å²) in [6, 6.07) is 18.3. The molecule has 22 heavy (non-hydrogen) atoms. The lowest BCUT2D eigenvalue weighted by Gasteiger charge is -2.11. The topological polar surface area (TPSA) is 32.7 Å². The fourth-order valence-electron chi connectivity index (χ4n) is 2.40. The number of nitrogens with zero attached hydrogens (tertiary/aromatic N) is 2. The maximum atomic E-state index is 12.3. The Bertz CT molecular complexity index is 697. The van der Waals surface area contributed by atoms with Crippen LogP contribution in [-0.2, 0) is 4.79 Å². The first-order valence-electron chi connectivity index (χ1n) is 7.35. The summed E-state index contributed by atoms with van der Waals surface area (Å²) in [5.41, 5.74) is 3.31. The average molecular weight is 310 g/mol. The highest BCUT2D eigenvalue weighted by molar-refractivity contribution is 8.00. The van der Waals surface area contributed by atoms with E-state index >= 15 is 0 Å². The van der Waals surface area contributed by atoms with E-state index in [0.29, 0.717) is 12.3 Å². The summed E-state index contributed by atoms with van der Waals surface area (Å²) in [5, 5.41) is 6.08. The molecular weight excluding hydrogens is 292 g/mol. The standard InChI is InChI=1S/C18H18N2OS/c1-14-6-5-9-16(12-14)22-13-18(21)20-11-10-17(19-20)15-7-3-2-4-8-15/h2-9,12H,10-11,13H2,1H3. The highest BCUT2D eigenvalue weighted by Crippen LogP contribution is 2.21. The minimum Gasteiger partial charge on any atom is -0.272 e. The number of thioether (sulfide) groups is 1. The first-order chi connectivity index (χ1) is 10.7. The number of aryl methyl sites for hydroxylation is 1. The lowest BCUT2D eigenvalue weighted by Crippen LogP contribution is -2.25. The van der Waals surface area contributed by atoms with Crippen molar-refractivity contribution in [1.29, 1.82) is 0 Å². The molecule has 0 saturated heterocycles. The van der Waals surface area contributed by atoms with Crippen LogP contribution in [-0.4, -0.2) is 28.9 Å². The van der Waals surface area contributed by atoms with Gasteiger partial charge in [0.1, 0.15) is 0 Å². The molecule has 0 unspecified atom stereocenters. The monoisotopic (exact) mass is 310 g/mol. The summed E-state index contributed by atoms with van der Waals surface area (Å²) in [6.45, 7) is 2.74. The minimum absolute atomic E-state index is 0.0671. The third kappa shape index (κ3) is 3.57. The molecule has 0 radical (unpaired) electrons. The molecule has 0 aromatic heterocycles. The largest absolute Gasteiger partial charge is 0.272 e. The Labute approximate surface area is 135 Å². The molecule has 0 fully saturated rings. The number of hydrogen-bond donors (Lipinski definition) is 0. The second-order valence-corrected chi connectivity index (χ2v) is 6.33. The van der Waals surface area contributed by atoms with Gasteiger partial charge in [0, 0.05) is 11.3 Å². The van der Waals surface area contributed by atoms with Gasteiger partial charge in [0.05, 0.1) is 18.0 Å². The van der Waals surface area contributed by atoms with Crippen molar-refractivity contribution in [3.05, 3.63) is 65.7 Å². The zero-order chi connectivity index (χ0) is 15.4. The molecule has 1 heterocycles. The Morgan fingerprint density at radius 3 is 2.77 bits per heavy atom. The van der Waals surface area contributed by atoms with Gasteiger partial charge in [-0.05, 0) is 24.6 Å². The molecule has 3 nitrogen and oxygen atoms in total. The minimum atomic E-state index is 0.0671. The summed E-state index contributed by atoms with van der Waals surface area (Å²) < 4.78 is 0. The van der Waals surface area contributed by atoms with Crippen molar-refractivity contribution in [2.24, 2.45) is 5.10 Å². The molecule has 1 amide bonds.